The zero-order valence-corrected chi connectivity index (χ0v) is 15.4. The van der Waals surface area contributed by atoms with Crippen LogP contribution >= 0.6 is 0 Å². The van der Waals surface area contributed by atoms with Crippen molar-refractivity contribution >= 4 is 18.0 Å². The van der Waals surface area contributed by atoms with Crippen LogP contribution in [0.5, 0.6) is 0 Å². The van der Waals surface area contributed by atoms with Crippen LogP contribution in [0.1, 0.15) is 54.4 Å². The number of ether oxygens (including phenoxy) is 2. The molecule has 136 valence electrons. The molecule has 0 aromatic carbocycles. The summed E-state index contributed by atoms with van der Waals surface area (Å²) >= 11 is 0. The van der Waals surface area contributed by atoms with Crippen molar-refractivity contribution in [3.05, 3.63) is 0 Å². The second-order valence-electron chi connectivity index (χ2n) is 8.38. The van der Waals surface area contributed by atoms with Crippen LogP contribution < -0.4 is 5.32 Å². The fourth-order valence-electron chi connectivity index (χ4n) is 3.65. The summed E-state index contributed by atoms with van der Waals surface area (Å²) in [6, 6.07) is -0.792. The van der Waals surface area contributed by atoms with Crippen LogP contribution in [0.25, 0.3) is 0 Å². The normalized spacial score (nSPS) is 28.8. The Morgan fingerprint density at radius 2 is 1.96 bits per heavy atom. The van der Waals surface area contributed by atoms with E-state index in [9.17, 15) is 14.4 Å². The fraction of sp³-hybridized carbons (Fsp3) is 0.824. The van der Waals surface area contributed by atoms with Gasteiger partial charge in [0.1, 0.15) is 11.6 Å². The summed E-state index contributed by atoms with van der Waals surface area (Å²) in [6.07, 6.45) is 0.240. The third-order valence-electron chi connectivity index (χ3n) is 4.33. The molecule has 2 amide bonds. The molecule has 2 atom stereocenters. The van der Waals surface area contributed by atoms with Crippen molar-refractivity contribution in [2.45, 2.75) is 71.6 Å². The van der Waals surface area contributed by atoms with Gasteiger partial charge in [-0.2, -0.15) is 0 Å². The zero-order valence-electron chi connectivity index (χ0n) is 15.4. The van der Waals surface area contributed by atoms with Gasteiger partial charge in [0.05, 0.1) is 12.0 Å². The Bertz CT molecular complexity index is 552. The van der Waals surface area contributed by atoms with E-state index in [2.05, 4.69) is 5.32 Å². The van der Waals surface area contributed by atoms with E-state index in [4.69, 9.17) is 9.47 Å². The molecule has 2 heterocycles. The number of carbonyl (C=O) groups excluding carboxylic acids is 3. The van der Waals surface area contributed by atoms with Crippen molar-refractivity contribution in [1.29, 1.82) is 0 Å². The highest BCUT2D eigenvalue weighted by Gasteiger charge is 2.59. The number of hydrogen-bond donors (Lipinski definition) is 1. The maximum atomic E-state index is 12.6. The topological polar surface area (TPSA) is 84.9 Å². The Hall–Kier alpha value is -1.79. The predicted molar refractivity (Wildman–Crippen MR) is 87.2 cm³/mol. The summed E-state index contributed by atoms with van der Waals surface area (Å²) in [6.45, 7) is 11.3. The average molecular weight is 340 g/mol. The van der Waals surface area contributed by atoms with Crippen molar-refractivity contribution in [1.82, 2.24) is 10.2 Å². The van der Waals surface area contributed by atoms with Gasteiger partial charge in [-0.15, -0.1) is 0 Å². The summed E-state index contributed by atoms with van der Waals surface area (Å²) in [4.78, 5) is 38.8. The van der Waals surface area contributed by atoms with Crippen LogP contribution in [0.2, 0.25) is 0 Å². The second kappa shape index (κ2) is 5.93. The summed E-state index contributed by atoms with van der Waals surface area (Å²) in [7, 11) is 0. The fourth-order valence-corrected chi connectivity index (χ4v) is 3.65. The largest absolute Gasteiger partial charge is 0.464 e. The van der Waals surface area contributed by atoms with Gasteiger partial charge in [-0.1, -0.05) is 0 Å². The molecule has 0 radical (unpaired) electrons. The number of carbonyl (C=O) groups is 3. The number of amides is 2. The Balaban J connectivity index is 2.28. The number of nitrogens with zero attached hydrogens (tertiary/aromatic N) is 1. The number of esters is 1. The van der Waals surface area contributed by atoms with Gasteiger partial charge >= 0.3 is 12.1 Å². The van der Waals surface area contributed by atoms with Gasteiger partial charge in [-0.3, -0.25) is 9.69 Å². The zero-order chi connectivity index (χ0) is 18.3. The van der Waals surface area contributed by atoms with Crippen molar-refractivity contribution in [3.63, 3.8) is 0 Å². The molecule has 0 bridgehead atoms. The van der Waals surface area contributed by atoms with Gasteiger partial charge in [0.2, 0.25) is 5.91 Å². The van der Waals surface area contributed by atoms with E-state index in [0.717, 1.165) is 0 Å². The Kier molecular flexibility index (Phi) is 4.59. The molecule has 1 N–H and O–H groups in total. The van der Waals surface area contributed by atoms with Crippen molar-refractivity contribution in [2.75, 3.05) is 13.2 Å². The molecule has 7 nitrogen and oxygen atoms in total. The average Bonchev–Trinajstić information content (AvgIpc) is 2.86. The van der Waals surface area contributed by atoms with E-state index in [1.807, 2.05) is 13.8 Å². The molecule has 2 aliphatic heterocycles. The molecule has 2 rings (SSSR count). The lowest BCUT2D eigenvalue weighted by atomic mass is 9.79. The van der Waals surface area contributed by atoms with Gasteiger partial charge in [0.25, 0.3) is 0 Å². The number of nitrogens with one attached hydrogen (secondary N) is 1. The smallest absolute Gasteiger partial charge is 0.411 e. The first-order chi connectivity index (χ1) is 10.9. The third kappa shape index (κ3) is 3.65. The lowest BCUT2D eigenvalue weighted by Crippen LogP contribution is -2.44. The van der Waals surface area contributed by atoms with E-state index in [-0.39, 0.29) is 31.0 Å². The first kappa shape index (κ1) is 18.5. The maximum Gasteiger partial charge on any atom is 0.411 e. The van der Waals surface area contributed by atoms with E-state index in [1.54, 1.807) is 27.7 Å². The van der Waals surface area contributed by atoms with Gasteiger partial charge < -0.3 is 14.8 Å². The van der Waals surface area contributed by atoms with Gasteiger partial charge in [0, 0.05) is 12.1 Å². The second-order valence-corrected chi connectivity index (χ2v) is 8.38. The Labute approximate surface area is 143 Å². The molecule has 0 aromatic heterocycles. The molecule has 2 saturated heterocycles. The molecule has 0 aliphatic carbocycles. The van der Waals surface area contributed by atoms with Crippen LogP contribution in [0.4, 0.5) is 4.79 Å². The summed E-state index contributed by atoms with van der Waals surface area (Å²) in [5.74, 6) is -0.606. The molecule has 2 fully saturated rings. The summed E-state index contributed by atoms with van der Waals surface area (Å²) in [5, 5.41) is 2.96. The van der Waals surface area contributed by atoms with Crippen LogP contribution in [0, 0.1) is 5.41 Å². The van der Waals surface area contributed by atoms with Gasteiger partial charge in [-0.05, 0) is 54.4 Å². The quantitative estimate of drug-likeness (QED) is 0.775. The van der Waals surface area contributed by atoms with Gasteiger partial charge in [-0.25, -0.2) is 9.59 Å². The minimum atomic E-state index is -0.792. The molecule has 0 saturated carbocycles. The predicted octanol–water partition coefficient (Wildman–Crippen LogP) is 1.84. The summed E-state index contributed by atoms with van der Waals surface area (Å²) < 4.78 is 10.5. The Morgan fingerprint density at radius 1 is 1.33 bits per heavy atom. The van der Waals surface area contributed by atoms with Crippen LogP contribution in [-0.2, 0) is 19.1 Å². The molecular formula is C17H28N2O5. The monoisotopic (exact) mass is 340 g/mol. The van der Waals surface area contributed by atoms with E-state index in [0.29, 0.717) is 6.42 Å². The standard InChI is InChI=1S/C17H28N2O5/c1-7-23-12(20)11-8-17(9-16(5,6)18-13(17)21)10-19(11)14(22)24-15(2,3)4/h11H,7-10H2,1-6H3,(H,18,21)/t11-,17+/m0/s1. The lowest BCUT2D eigenvalue weighted by Gasteiger charge is -2.28. The SMILES string of the molecule is CCOC(=O)[C@@H]1C[C@]2(CN1C(=O)OC(C)(C)C)CC(C)(C)NC2=O. The van der Waals surface area contributed by atoms with E-state index >= 15 is 0 Å². The van der Waals surface area contributed by atoms with Gasteiger partial charge in [0.15, 0.2) is 0 Å². The highest BCUT2D eigenvalue weighted by molar-refractivity contribution is 5.91. The van der Waals surface area contributed by atoms with Crippen molar-refractivity contribution < 1.29 is 23.9 Å². The van der Waals surface area contributed by atoms with Crippen molar-refractivity contribution in [3.8, 4) is 0 Å². The Morgan fingerprint density at radius 3 is 2.42 bits per heavy atom. The molecular weight excluding hydrogens is 312 g/mol. The highest BCUT2D eigenvalue weighted by Crippen LogP contribution is 2.46. The minimum absolute atomic E-state index is 0.118. The highest BCUT2D eigenvalue weighted by atomic mass is 16.6. The van der Waals surface area contributed by atoms with E-state index in [1.165, 1.54) is 4.90 Å². The van der Waals surface area contributed by atoms with Crippen molar-refractivity contribution in [2.24, 2.45) is 5.41 Å². The number of rotatable bonds is 2. The molecule has 0 aromatic rings. The van der Waals surface area contributed by atoms with Crippen LogP contribution in [0.15, 0.2) is 0 Å². The number of hydrogen-bond acceptors (Lipinski definition) is 5. The third-order valence-corrected chi connectivity index (χ3v) is 4.33. The maximum absolute atomic E-state index is 12.6. The molecule has 2 aliphatic rings. The molecule has 1 spiro atoms. The first-order valence-corrected chi connectivity index (χ1v) is 8.38. The minimum Gasteiger partial charge on any atom is -0.464 e. The molecule has 24 heavy (non-hydrogen) atoms. The summed E-state index contributed by atoms with van der Waals surface area (Å²) in [5.41, 5.74) is -1.80. The lowest BCUT2D eigenvalue weighted by molar-refractivity contribution is -0.148. The molecule has 0 unspecified atom stereocenters. The molecule has 7 heteroatoms. The van der Waals surface area contributed by atoms with Crippen LogP contribution in [0.3, 0.4) is 0 Å². The van der Waals surface area contributed by atoms with Crippen LogP contribution in [-0.4, -0.2) is 53.2 Å². The van der Waals surface area contributed by atoms with E-state index < -0.39 is 29.1 Å². The first-order valence-electron chi connectivity index (χ1n) is 8.38. The number of likely N-dealkylation sites (tertiary alicyclic amines) is 1.